The summed E-state index contributed by atoms with van der Waals surface area (Å²) in [6, 6.07) is 25.7. The summed E-state index contributed by atoms with van der Waals surface area (Å²) in [5, 5.41) is 8.17. The van der Waals surface area contributed by atoms with E-state index in [1.165, 1.54) is 0 Å². The molecular weight excluding hydrogens is 460 g/mol. The first-order valence-corrected chi connectivity index (χ1v) is 11.3. The Labute approximate surface area is 207 Å². The maximum absolute atomic E-state index is 12.9. The number of nitrogens with zero attached hydrogens (tertiary/aromatic N) is 4. The van der Waals surface area contributed by atoms with Gasteiger partial charge in [-0.15, -0.1) is 0 Å². The predicted octanol–water partition coefficient (Wildman–Crippen LogP) is 5.79. The van der Waals surface area contributed by atoms with Crippen molar-refractivity contribution in [3.8, 4) is 28.2 Å². The fraction of sp³-hybridized carbons (Fsp3) is 0.0370. The van der Waals surface area contributed by atoms with Crippen LogP contribution in [0.15, 0.2) is 91.1 Å². The maximum Gasteiger partial charge on any atom is 0.255 e. The Hall–Kier alpha value is -4.49. The summed E-state index contributed by atoms with van der Waals surface area (Å²) in [5.41, 5.74) is 11.4. The van der Waals surface area contributed by atoms with Crippen molar-refractivity contribution in [2.75, 3.05) is 11.1 Å². The van der Waals surface area contributed by atoms with E-state index in [0.29, 0.717) is 33.6 Å². The van der Waals surface area contributed by atoms with Crippen molar-refractivity contribution in [3.05, 3.63) is 108 Å². The van der Waals surface area contributed by atoms with Gasteiger partial charge in [-0.2, -0.15) is 5.10 Å². The van der Waals surface area contributed by atoms with Crippen LogP contribution < -0.4 is 11.1 Å². The average Bonchev–Trinajstić information content (AvgIpc) is 3.26. The monoisotopic (exact) mass is 480 g/mol. The van der Waals surface area contributed by atoms with Crippen LogP contribution in [0, 0.1) is 6.92 Å². The molecule has 0 spiro atoms. The van der Waals surface area contributed by atoms with Gasteiger partial charge in [0, 0.05) is 39.7 Å². The van der Waals surface area contributed by atoms with Crippen molar-refractivity contribution in [2.24, 2.45) is 0 Å². The number of anilines is 2. The number of hydrogen-bond donors (Lipinski definition) is 2. The highest BCUT2D eigenvalue weighted by Gasteiger charge is 2.12. The van der Waals surface area contributed by atoms with Gasteiger partial charge in [-0.3, -0.25) is 4.79 Å². The molecule has 0 saturated heterocycles. The van der Waals surface area contributed by atoms with Gasteiger partial charge in [0.15, 0.2) is 0 Å². The van der Waals surface area contributed by atoms with Crippen molar-refractivity contribution >= 4 is 29.0 Å². The summed E-state index contributed by atoms with van der Waals surface area (Å²) >= 11 is 6.10. The molecular formula is C27H21ClN6O. The lowest BCUT2D eigenvalue weighted by atomic mass is 10.1. The van der Waals surface area contributed by atoms with Gasteiger partial charge in [-0.25, -0.2) is 14.6 Å². The fourth-order valence-corrected chi connectivity index (χ4v) is 3.91. The summed E-state index contributed by atoms with van der Waals surface area (Å²) < 4.78 is 1.63. The number of nitrogens with one attached hydrogen (secondary N) is 1. The highest BCUT2D eigenvalue weighted by Crippen LogP contribution is 2.26. The lowest BCUT2D eigenvalue weighted by Crippen LogP contribution is -2.12. The van der Waals surface area contributed by atoms with Crippen molar-refractivity contribution in [3.63, 3.8) is 0 Å². The topological polar surface area (TPSA) is 98.7 Å². The third kappa shape index (κ3) is 4.90. The molecule has 0 radical (unpaired) electrons. The van der Waals surface area contributed by atoms with Gasteiger partial charge in [0.1, 0.15) is 11.6 Å². The molecule has 0 aliphatic carbocycles. The van der Waals surface area contributed by atoms with E-state index in [9.17, 15) is 4.79 Å². The van der Waals surface area contributed by atoms with Crippen molar-refractivity contribution in [1.29, 1.82) is 0 Å². The number of carbonyl (C=O) groups excluding carboxylic acids is 1. The molecule has 5 aromatic rings. The van der Waals surface area contributed by atoms with E-state index in [-0.39, 0.29) is 5.91 Å². The molecule has 0 atom stereocenters. The second-order valence-electron chi connectivity index (χ2n) is 7.95. The molecule has 35 heavy (non-hydrogen) atoms. The molecule has 3 aromatic carbocycles. The standard InChI is InChI=1S/C27H21ClN6O/c1-17-30-13-12-24(31-17)20-5-3-7-22(15-20)32-27(35)18-8-10-23(11-9-18)34-26(29)16-25(33-34)19-4-2-6-21(28)14-19/h2-16H,29H2,1H3,(H,32,35). The number of nitrogen functional groups attached to an aromatic ring is 1. The molecule has 0 bridgehead atoms. The number of aromatic nitrogens is 4. The lowest BCUT2D eigenvalue weighted by Gasteiger charge is -2.09. The highest BCUT2D eigenvalue weighted by molar-refractivity contribution is 6.30. The largest absolute Gasteiger partial charge is 0.384 e. The minimum absolute atomic E-state index is 0.222. The van der Waals surface area contributed by atoms with E-state index in [1.807, 2.05) is 61.5 Å². The summed E-state index contributed by atoms with van der Waals surface area (Å²) in [7, 11) is 0. The maximum atomic E-state index is 12.9. The van der Waals surface area contributed by atoms with Crippen LogP contribution in [0.3, 0.4) is 0 Å². The first-order valence-electron chi connectivity index (χ1n) is 10.9. The predicted molar refractivity (Wildman–Crippen MR) is 139 cm³/mol. The number of carbonyl (C=O) groups is 1. The van der Waals surface area contributed by atoms with E-state index < -0.39 is 0 Å². The van der Waals surface area contributed by atoms with Crippen LogP contribution in [0.5, 0.6) is 0 Å². The summed E-state index contributed by atoms with van der Waals surface area (Å²) in [6.45, 7) is 1.84. The minimum Gasteiger partial charge on any atom is -0.384 e. The number of nitrogens with two attached hydrogens (primary N) is 1. The molecule has 0 unspecified atom stereocenters. The summed E-state index contributed by atoms with van der Waals surface area (Å²) in [5.74, 6) is 0.948. The quantitative estimate of drug-likeness (QED) is 0.331. The average molecular weight is 481 g/mol. The Bertz CT molecular complexity index is 1530. The Morgan fingerprint density at radius 3 is 2.40 bits per heavy atom. The summed E-state index contributed by atoms with van der Waals surface area (Å²) in [4.78, 5) is 21.4. The zero-order chi connectivity index (χ0) is 24.4. The van der Waals surface area contributed by atoms with Crippen LogP contribution in [0.4, 0.5) is 11.5 Å². The zero-order valence-corrected chi connectivity index (χ0v) is 19.6. The Kier molecular flexibility index (Phi) is 5.99. The summed E-state index contributed by atoms with van der Waals surface area (Å²) in [6.07, 6.45) is 1.72. The molecule has 5 rings (SSSR count). The van der Waals surface area contributed by atoms with Crippen molar-refractivity contribution in [1.82, 2.24) is 19.7 Å². The normalized spacial score (nSPS) is 10.8. The van der Waals surface area contributed by atoms with E-state index in [4.69, 9.17) is 17.3 Å². The molecule has 8 heteroatoms. The van der Waals surface area contributed by atoms with Gasteiger partial charge >= 0.3 is 0 Å². The van der Waals surface area contributed by atoms with Crippen LogP contribution in [0.1, 0.15) is 16.2 Å². The number of hydrogen-bond acceptors (Lipinski definition) is 5. The van der Waals surface area contributed by atoms with Crippen molar-refractivity contribution in [2.45, 2.75) is 6.92 Å². The molecule has 1 amide bonds. The van der Waals surface area contributed by atoms with Crippen molar-refractivity contribution < 1.29 is 4.79 Å². The molecule has 3 N–H and O–H groups in total. The van der Waals surface area contributed by atoms with Gasteiger partial charge in [0.25, 0.3) is 5.91 Å². The number of aryl methyl sites for hydroxylation is 1. The fourth-order valence-electron chi connectivity index (χ4n) is 3.72. The Morgan fingerprint density at radius 1 is 0.914 bits per heavy atom. The molecule has 0 aliphatic rings. The molecule has 2 aromatic heterocycles. The first kappa shape index (κ1) is 22.3. The second-order valence-corrected chi connectivity index (χ2v) is 8.38. The zero-order valence-electron chi connectivity index (χ0n) is 18.8. The molecule has 0 fully saturated rings. The second kappa shape index (κ2) is 9.40. The van der Waals surface area contributed by atoms with Gasteiger partial charge in [0.05, 0.1) is 17.1 Å². The third-order valence-electron chi connectivity index (χ3n) is 5.42. The van der Waals surface area contributed by atoms with E-state index in [1.54, 1.807) is 41.2 Å². The Morgan fingerprint density at radius 2 is 1.66 bits per heavy atom. The van der Waals surface area contributed by atoms with Gasteiger partial charge in [-0.05, 0) is 61.5 Å². The molecule has 172 valence electrons. The molecule has 2 heterocycles. The van der Waals surface area contributed by atoms with Crippen LogP contribution >= 0.6 is 11.6 Å². The lowest BCUT2D eigenvalue weighted by molar-refractivity contribution is 0.102. The van der Waals surface area contributed by atoms with Crippen LogP contribution in [0.2, 0.25) is 5.02 Å². The first-order chi connectivity index (χ1) is 17.0. The number of halogens is 1. The number of amides is 1. The number of benzene rings is 3. The molecule has 0 aliphatic heterocycles. The van der Waals surface area contributed by atoms with Crippen LogP contribution in [-0.4, -0.2) is 25.7 Å². The van der Waals surface area contributed by atoms with Crippen LogP contribution in [0.25, 0.3) is 28.2 Å². The smallest absolute Gasteiger partial charge is 0.255 e. The van der Waals surface area contributed by atoms with E-state index in [0.717, 1.165) is 22.5 Å². The molecule has 7 nitrogen and oxygen atoms in total. The number of rotatable bonds is 5. The van der Waals surface area contributed by atoms with Gasteiger partial charge < -0.3 is 11.1 Å². The highest BCUT2D eigenvalue weighted by atomic mass is 35.5. The Balaban J connectivity index is 1.33. The van der Waals surface area contributed by atoms with Crippen LogP contribution in [-0.2, 0) is 0 Å². The minimum atomic E-state index is -0.222. The van der Waals surface area contributed by atoms with E-state index >= 15 is 0 Å². The molecule has 0 saturated carbocycles. The van der Waals surface area contributed by atoms with Gasteiger partial charge in [-0.1, -0.05) is 35.9 Å². The third-order valence-corrected chi connectivity index (χ3v) is 5.66. The van der Waals surface area contributed by atoms with E-state index in [2.05, 4.69) is 20.4 Å². The SMILES string of the molecule is Cc1nccc(-c2cccc(NC(=O)c3ccc(-n4nc(-c5cccc(Cl)c5)cc4N)cc3)c2)n1. The van der Waals surface area contributed by atoms with Gasteiger partial charge in [0.2, 0.25) is 0 Å².